The lowest BCUT2D eigenvalue weighted by Gasteiger charge is -2.13. The molecule has 0 bridgehead atoms. The zero-order valence-electron chi connectivity index (χ0n) is 16.3. The van der Waals surface area contributed by atoms with Crippen LogP contribution in [-0.2, 0) is 6.54 Å². The predicted molar refractivity (Wildman–Crippen MR) is 112 cm³/mol. The lowest BCUT2D eigenvalue weighted by atomic mass is 10.2. The van der Waals surface area contributed by atoms with Gasteiger partial charge in [-0.2, -0.15) is 0 Å². The number of hydrogen-bond donors (Lipinski definition) is 2. The molecule has 6 nitrogen and oxygen atoms in total. The van der Waals surface area contributed by atoms with Crippen LogP contribution in [0, 0.1) is 0 Å². The van der Waals surface area contributed by atoms with E-state index in [2.05, 4.69) is 15.6 Å². The highest BCUT2D eigenvalue weighted by atomic mass is 16.5. The predicted octanol–water partition coefficient (Wildman–Crippen LogP) is 3.83. The molecule has 3 aromatic rings. The van der Waals surface area contributed by atoms with Gasteiger partial charge in [0.25, 0.3) is 5.91 Å². The second-order valence-corrected chi connectivity index (χ2v) is 6.53. The zero-order chi connectivity index (χ0) is 19.9. The first-order chi connectivity index (χ1) is 13.5. The van der Waals surface area contributed by atoms with Gasteiger partial charge in [-0.15, -0.1) is 0 Å². The van der Waals surface area contributed by atoms with Crippen LogP contribution < -0.4 is 20.3 Å². The van der Waals surface area contributed by atoms with Crippen LogP contribution in [0.3, 0.4) is 0 Å². The van der Waals surface area contributed by atoms with Gasteiger partial charge in [0.05, 0.1) is 19.0 Å². The van der Waals surface area contributed by atoms with E-state index in [1.165, 1.54) is 0 Å². The molecule has 1 aromatic heterocycles. The van der Waals surface area contributed by atoms with Crippen LogP contribution in [0.2, 0.25) is 0 Å². The van der Waals surface area contributed by atoms with Gasteiger partial charge in [-0.25, -0.2) is 4.98 Å². The van der Waals surface area contributed by atoms with E-state index >= 15 is 0 Å². The summed E-state index contributed by atoms with van der Waals surface area (Å²) in [5.41, 5.74) is 4.29. The third-order valence-corrected chi connectivity index (χ3v) is 4.28. The molecule has 0 aliphatic carbocycles. The van der Waals surface area contributed by atoms with Gasteiger partial charge in [-0.05, 0) is 54.1 Å². The summed E-state index contributed by atoms with van der Waals surface area (Å²) in [6.07, 6.45) is 1.65. The Morgan fingerprint density at radius 1 is 0.964 bits per heavy atom. The number of carbonyl (C=O) groups excluding carboxylic acids is 1. The summed E-state index contributed by atoms with van der Waals surface area (Å²) < 4.78 is 5.13. The Morgan fingerprint density at radius 2 is 1.64 bits per heavy atom. The number of hydrogen-bond acceptors (Lipinski definition) is 5. The third-order valence-electron chi connectivity index (χ3n) is 4.28. The number of amides is 1. The highest BCUT2D eigenvalue weighted by Crippen LogP contribution is 2.19. The number of pyridine rings is 1. The maximum absolute atomic E-state index is 12.3. The van der Waals surface area contributed by atoms with Crippen molar-refractivity contribution in [2.45, 2.75) is 6.54 Å². The topological polar surface area (TPSA) is 66.5 Å². The Kier molecular flexibility index (Phi) is 6.11. The van der Waals surface area contributed by atoms with Crippen molar-refractivity contribution < 1.29 is 9.53 Å². The fourth-order valence-electron chi connectivity index (χ4n) is 2.63. The molecule has 3 rings (SSSR count). The van der Waals surface area contributed by atoms with E-state index in [1.807, 2.05) is 73.6 Å². The molecule has 1 amide bonds. The van der Waals surface area contributed by atoms with Gasteiger partial charge in [-0.1, -0.05) is 12.1 Å². The van der Waals surface area contributed by atoms with Crippen molar-refractivity contribution >= 4 is 23.0 Å². The summed E-state index contributed by atoms with van der Waals surface area (Å²) in [6, 6.07) is 19.2. The number of carbonyl (C=O) groups is 1. The third kappa shape index (κ3) is 5.01. The minimum atomic E-state index is -0.210. The van der Waals surface area contributed by atoms with E-state index in [1.54, 1.807) is 19.4 Å². The van der Waals surface area contributed by atoms with Gasteiger partial charge in [0.1, 0.15) is 11.4 Å². The number of methoxy groups -OCH3 is 1. The molecule has 0 saturated carbocycles. The standard InChI is InChI=1S/C22H24N4O2/c1-26(2)19-9-6-17(7-10-19)25-18-8-13-21(23-15-18)22(27)24-14-16-4-11-20(28-3)12-5-16/h4-13,15,25H,14H2,1-3H3,(H,24,27). The summed E-state index contributed by atoms with van der Waals surface area (Å²) in [5.74, 6) is 0.578. The van der Waals surface area contributed by atoms with Gasteiger partial charge in [0.2, 0.25) is 0 Å². The van der Waals surface area contributed by atoms with E-state index in [0.717, 1.165) is 28.4 Å². The maximum atomic E-state index is 12.3. The van der Waals surface area contributed by atoms with E-state index in [-0.39, 0.29) is 5.91 Å². The molecule has 0 radical (unpaired) electrons. The Morgan fingerprint density at radius 3 is 2.21 bits per heavy atom. The molecule has 6 heteroatoms. The molecule has 2 aromatic carbocycles. The minimum Gasteiger partial charge on any atom is -0.497 e. The molecule has 0 atom stereocenters. The van der Waals surface area contributed by atoms with Crippen LogP contribution in [-0.4, -0.2) is 32.1 Å². The van der Waals surface area contributed by atoms with Crippen molar-refractivity contribution in [2.24, 2.45) is 0 Å². The molecular weight excluding hydrogens is 352 g/mol. The monoisotopic (exact) mass is 376 g/mol. The lowest BCUT2D eigenvalue weighted by Crippen LogP contribution is -2.23. The number of ether oxygens (including phenoxy) is 1. The normalized spacial score (nSPS) is 10.2. The maximum Gasteiger partial charge on any atom is 0.270 e. The number of anilines is 3. The highest BCUT2D eigenvalue weighted by molar-refractivity contribution is 5.92. The highest BCUT2D eigenvalue weighted by Gasteiger charge is 2.07. The van der Waals surface area contributed by atoms with Gasteiger partial charge < -0.3 is 20.3 Å². The van der Waals surface area contributed by atoms with Crippen molar-refractivity contribution in [3.63, 3.8) is 0 Å². The van der Waals surface area contributed by atoms with E-state index in [0.29, 0.717) is 12.2 Å². The summed E-state index contributed by atoms with van der Waals surface area (Å²) >= 11 is 0. The van der Waals surface area contributed by atoms with Gasteiger partial charge >= 0.3 is 0 Å². The molecule has 144 valence electrons. The van der Waals surface area contributed by atoms with Crippen molar-refractivity contribution in [1.29, 1.82) is 0 Å². The van der Waals surface area contributed by atoms with Gasteiger partial charge in [0, 0.05) is 32.0 Å². The Hall–Kier alpha value is -3.54. The minimum absolute atomic E-state index is 0.210. The largest absolute Gasteiger partial charge is 0.497 e. The quantitative estimate of drug-likeness (QED) is 0.656. The first-order valence-electron chi connectivity index (χ1n) is 8.97. The molecule has 0 aliphatic heterocycles. The van der Waals surface area contributed by atoms with Crippen molar-refractivity contribution in [3.05, 3.63) is 78.1 Å². The van der Waals surface area contributed by atoms with Crippen LogP contribution in [0.5, 0.6) is 5.75 Å². The number of nitrogens with zero attached hydrogens (tertiary/aromatic N) is 2. The number of rotatable bonds is 7. The Balaban J connectivity index is 1.56. The first kappa shape index (κ1) is 19.2. The summed E-state index contributed by atoms with van der Waals surface area (Å²) in [5, 5.41) is 6.15. The van der Waals surface area contributed by atoms with Crippen LogP contribution >= 0.6 is 0 Å². The van der Waals surface area contributed by atoms with Crippen molar-refractivity contribution in [2.75, 3.05) is 31.4 Å². The summed E-state index contributed by atoms with van der Waals surface area (Å²) in [4.78, 5) is 18.6. The number of nitrogens with one attached hydrogen (secondary N) is 2. The molecule has 0 saturated heterocycles. The molecular formula is C22H24N4O2. The number of benzene rings is 2. The fraction of sp³-hybridized carbons (Fsp3) is 0.182. The van der Waals surface area contributed by atoms with Crippen LogP contribution in [0.15, 0.2) is 66.9 Å². The summed E-state index contributed by atoms with van der Waals surface area (Å²) in [7, 11) is 5.63. The summed E-state index contributed by atoms with van der Waals surface area (Å²) in [6.45, 7) is 0.433. The van der Waals surface area contributed by atoms with E-state index < -0.39 is 0 Å². The molecule has 2 N–H and O–H groups in total. The fourth-order valence-corrected chi connectivity index (χ4v) is 2.63. The second-order valence-electron chi connectivity index (χ2n) is 6.53. The molecule has 0 spiro atoms. The average Bonchev–Trinajstić information content (AvgIpc) is 2.73. The molecule has 0 fully saturated rings. The lowest BCUT2D eigenvalue weighted by molar-refractivity contribution is 0.0946. The van der Waals surface area contributed by atoms with Crippen molar-refractivity contribution in [1.82, 2.24) is 10.3 Å². The molecule has 0 aliphatic rings. The molecule has 0 unspecified atom stereocenters. The van der Waals surface area contributed by atoms with Gasteiger partial charge in [-0.3, -0.25) is 4.79 Å². The SMILES string of the molecule is COc1ccc(CNC(=O)c2ccc(Nc3ccc(N(C)C)cc3)cn2)cc1. The van der Waals surface area contributed by atoms with Crippen LogP contribution in [0.25, 0.3) is 0 Å². The Bertz CT molecular complexity index is 905. The van der Waals surface area contributed by atoms with E-state index in [9.17, 15) is 4.79 Å². The molecule has 1 heterocycles. The van der Waals surface area contributed by atoms with Crippen LogP contribution in [0.1, 0.15) is 16.1 Å². The van der Waals surface area contributed by atoms with Gasteiger partial charge in [0.15, 0.2) is 0 Å². The first-order valence-corrected chi connectivity index (χ1v) is 8.97. The molecule has 28 heavy (non-hydrogen) atoms. The smallest absolute Gasteiger partial charge is 0.270 e. The van der Waals surface area contributed by atoms with Crippen LogP contribution in [0.4, 0.5) is 17.1 Å². The Labute approximate surface area is 165 Å². The van der Waals surface area contributed by atoms with Crippen molar-refractivity contribution in [3.8, 4) is 5.75 Å². The zero-order valence-corrected chi connectivity index (χ0v) is 16.3. The average molecular weight is 376 g/mol. The van der Waals surface area contributed by atoms with E-state index in [4.69, 9.17) is 4.74 Å². The number of aromatic nitrogens is 1. The second kappa shape index (κ2) is 8.90.